The fourth-order valence-electron chi connectivity index (χ4n) is 2.83. The van der Waals surface area contributed by atoms with Gasteiger partial charge in [-0.25, -0.2) is 4.79 Å². The van der Waals surface area contributed by atoms with E-state index in [1.54, 1.807) is 0 Å². The van der Waals surface area contributed by atoms with Gasteiger partial charge in [0.05, 0.1) is 18.3 Å². The number of hydrogen-bond donors (Lipinski definition) is 2. The van der Waals surface area contributed by atoms with Crippen LogP contribution in [0.2, 0.25) is 0 Å². The highest BCUT2D eigenvalue weighted by molar-refractivity contribution is 7.12. The van der Waals surface area contributed by atoms with E-state index in [4.69, 9.17) is 4.74 Å². The van der Waals surface area contributed by atoms with E-state index in [1.807, 2.05) is 12.3 Å². The summed E-state index contributed by atoms with van der Waals surface area (Å²) in [6, 6.07) is 0. The maximum absolute atomic E-state index is 12.7. The molecule has 1 fully saturated rings. The first kappa shape index (κ1) is 16.0. The van der Waals surface area contributed by atoms with Gasteiger partial charge in [-0.15, -0.1) is 11.3 Å². The van der Waals surface area contributed by atoms with E-state index in [0.717, 1.165) is 37.8 Å². The fraction of sp³-hybridized carbons (Fsp3) is 0.600. The number of thiophene rings is 1. The van der Waals surface area contributed by atoms with Crippen LogP contribution in [-0.2, 0) is 9.53 Å². The van der Waals surface area contributed by atoms with Gasteiger partial charge in [0, 0.05) is 0 Å². The standard InChI is InChI=1S/C15H22N2O3S/c1-4-6-15(7-5-8-16-15)14(19)17-11-10(2)9-21-12(11)13(18)20-3/h9,16H,4-8H2,1-3H3,(H,17,19). The molecule has 2 N–H and O–H groups in total. The summed E-state index contributed by atoms with van der Waals surface area (Å²) < 4.78 is 4.77. The number of ether oxygens (including phenoxy) is 1. The van der Waals surface area contributed by atoms with Crippen molar-refractivity contribution in [1.29, 1.82) is 0 Å². The molecule has 21 heavy (non-hydrogen) atoms. The molecule has 2 heterocycles. The first-order chi connectivity index (χ1) is 10.0. The minimum atomic E-state index is -0.503. The van der Waals surface area contributed by atoms with Gasteiger partial charge in [-0.05, 0) is 43.7 Å². The van der Waals surface area contributed by atoms with Crippen LogP contribution in [0.3, 0.4) is 0 Å². The molecule has 1 unspecified atom stereocenters. The molecule has 1 aliphatic heterocycles. The molecule has 116 valence electrons. The summed E-state index contributed by atoms with van der Waals surface area (Å²) in [7, 11) is 1.35. The lowest BCUT2D eigenvalue weighted by Gasteiger charge is -2.28. The predicted octanol–water partition coefficient (Wildman–Crippen LogP) is 2.70. The SMILES string of the molecule is CCCC1(C(=O)Nc2c(C)csc2C(=O)OC)CCCN1. The number of methoxy groups -OCH3 is 1. The number of anilines is 1. The van der Waals surface area contributed by atoms with Crippen molar-refractivity contribution in [2.45, 2.75) is 45.1 Å². The van der Waals surface area contributed by atoms with Crippen LogP contribution in [-0.4, -0.2) is 31.1 Å². The van der Waals surface area contributed by atoms with Crippen LogP contribution in [0.4, 0.5) is 5.69 Å². The topological polar surface area (TPSA) is 67.4 Å². The van der Waals surface area contributed by atoms with Crippen molar-refractivity contribution in [3.8, 4) is 0 Å². The van der Waals surface area contributed by atoms with Crippen molar-refractivity contribution in [2.75, 3.05) is 19.0 Å². The van der Waals surface area contributed by atoms with Crippen LogP contribution in [0.25, 0.3) is 0 Å². The Bertz CT molecular complexity index is 533. The monoisotopic (exact) mass is 310 g/mol. The Labute approximate surface area is 129 Å². The van der Waals surface area contributed by atoms with E-state index in [9.17, 15) is 9.59 Å². The van der Waals surface area contributed by atoms with Crippen LogP contribution < -0.4 is 10.6 Å². The van der Waals surface area contributed by atoms with Gasteiger partial charge >= 0.3 is 5.97 Å². The number of esters is 1. The van der Waals surface area contributed by atoms with Crippen LogP contribution in [0.5, 0.6) is 0 Å². The lowest BCUT2D eigenvalue weighted by Crippen LogP contribution is -2.50. The molecule has 1 amide bonds. The third kappa shape index (κ3) is 3.11. The molecule has 5 nitrogen and oxygen atoms in total. The first-order valence-corrected chi connectivity index (χ1v) is 8.15. The Morgan fingerprint density at radius 1 is 1.52 bits per heavy atom. The molecule has 0 spiro atoms. The molecule has 0 aliphatic carbocycles. The van der Waals surface area contributed by atoms with Crippen molar-refractivity contribution in [2.24, 2.45) is 0 Å². The predicted molar refractivity (Wildman–Crippen MR) is 83.9 cm³/mol. The maximum atomic E-state index is 12.7. The normalized spacial score (nSPS) is 21.3. The van der Waals surface area contributed by atoms with E-state index in [0.29, 0.717) is 10.6 Å². The fourth-order valence-corrected chi connectivity index (χ4v) is 3.75. The Morgan fingerprint density at radius 3 is 2.86 bits per heavy atom. The summed E-state index contributed by atoms with van der Waals surface area (Å²) in [6.07, 6.45) is 3.58. The van der Waals surface area contributed by atoms with E-state index in [-0.39, 0.29) is 5.91 Å². The van der Waals surface area contributed by atoms with Crippen LogP contribution >= 0.6 is 11.3 Å². The van der Waals surface area contributed by atoms with Gasteiger partial charge in [-0.3, -0.25) is 4.79 Å². The molecule has 1 atom stereocenters. The van der Waals surface area contributed by atoms with Crippen molar-refractivity contribution >= 4 is 28.9 Å². The zero-order valence-corrected chi connectivity index (χ0v) is 13.6. The van der Waals surface area contributed by atoms with Gasteiger partial charge < -0.3 is 15.4 Å². The van der Waals surface area contributed by atoms with Gasteiger partial charge in [-0.1, -0.05) is 13.3 Å². The molecule has 0 saturated carbocycles. The zero-order chi connectivity index (χ0) is 15.5. The molecule has 1 saturated heterocycles. The average molecular weight is 310 g/mol. The van der Waals surface area contributed by atoms with Crippen molar-refractivity contribution < 1.29 is 14.3 Å². The Kier molecular flexibility index (Phi) is 5.00. The molecule has 0 aromatic carbocycles. The van der Waals surface area contributed by atoms with Crippen molar-refractivity contribution in [1.82, 2.24) is 5.32 Å². The van der Waals surface area contributed by atoms with Gasteiger partial charge in [0.15, 0.2) is 0 Å². The third-order valence-electron chi connectivity index (χ3n) is 3.94. The molecule has 1 aromatic rings. The van der Waals surface area contributed by atoms with Gasteiger partial charge in [0.1, 0.15) is 4.88 Å². The molecule has 0 bridgehead atoms. The van der Waals surface area contributed by atoms with Gasteiger partial charge in [0.2, 0.25) is 5.91 Å². The number of rotatable bonds is 5. The second kappa shape index (κ2) is 6.58. The van der Waals surface area contributed by atoms with E-state index in [2.05, 4.69) is 17.6 Å². The minimum absolute atomic E-state index is 0.0477. The minimum Gasteiger partial charge on any atom is -0.465 e. The molecule has 6 heteroatoms. The number of carbonyl (C=O) groups excluding carboxylic acids is 2. The molecular formula is C15H22N2O3S. The largest absolute Gasteiger partial charge is 0.465 e. The summed E-state index contributed by atoms with van der Waals surface area (Å²) in [4.78, 5) is 24.9. The number of carbonyl (C=O) groups is 2. The summed E-state index contributed by atoms with van der Waals surface area (Å²) in [6.45, 7) is 4.82. The van der Waals surface area contributed by atoms with E-state index < -0.39 is 11.5 Å². The third-order valence-corrected chi connectivity index (χ3v) is 5.02. The molecule has 1 aromatic heterocycles. The number of aryl methyl sites for hydroxylation is 1. The molecular weight excluding hydrogens is 288 g/mol. The molecule has 2 rings (SSSR count). The quantitative estimate of drug-likeness (QED) is 0.821. The highest BCUT2D eigenvalue weighted by Gasteiger charge is 2.40. The Morgan fingerprint density at radius 2 is 2.29 bits per heavy atom. The van der Waals surface area contributed by atoms with E-state index in [1.165, 1.54) is 18.4 Å². The zero-order valence-electron chi connectivity index (χ0n) is 12.7. The summed E-state index contributed by atoms with van der Waals surface area (Å²) in [5, 5.41) is 8.15. The maximum Gasteiger partial charge on any atom is 0.350 e. The smallest absolute Gasteiger partial charge is 0.350 e. The number of amides is 1. The van der Waals surface area contributed by atoms with Gasteiger partial charge in [0.25, 0.3) is 0 Å². The highest BCUT2D eigenvalue weighted by atomic mass is 32.1. The molecule has 0 radical (unpaired) electrons. The van der Waals surface area contributed by atoms with Crippen LogP contribution in [0.15, 0.2) is 5.38 Å². The Hall–Kier alpha value is -1.40. The van der Waals surface area contributed by atoms with Crippen LogP contribution in [0.1, 0.15) is 47.8 Å². The average Bonchev–Trinajstić information content (AvgIpc) is 3.08. The highest BCUT2D eigenvalue weighted by Crippen LogP contribution is 2.31. The summed E-state index contributed by atoms with van der Waals surface area (Å²) >= 11 is 1.30. The summed E-state index contributed by atoms with van der Waals surface area (Å²) in [5.74, 6) is -0.458. The first-order valence-electron chi connectivity index (χ1n) is 7.27. The number of hydrogen-bond acceptors (Lipinski definition) is 5. The number of nitrogens with one attached hydrogen (secondary N) is 2. The van der Waals surface area contributed by atoms with E-state index >= 15 is 0 Å². The second-order valence-corrected chi connectivity index (χ2v) is 6.31. The van der Waals surface area contributed by atoms with Crippen molar-refractivity contribution in [3.05, 3.63) is 15.8 Å². The van der Waals surface area contributed by atoms with Crippen LogP contribution in [0, 0.1) is 6.92 Å². The second-order valence-electron chi connectivity index (χ2n) is 5.43. The van der Waals surface area contributed by atoms with Crippen molar-refractivity contribution in [3.63, 3.8) is 0 Å². The lowest BCUT2D eigenvalue weighted by atomic mass is 9.90. The van der Waals surface area contributed by atoms with Gasteiger partial charge in [-0.2, -0.15) is 0 Å². The summed E-state index contributed by atoms with van der Waals surface area (Å²) in [5.41, 5.74) is 0.968. The molecule has 1 aliphatic rings. The lowest BCUT2D eigenvalue weighted by molar-refractivity contribution is -0.122. The Balaban J connectivity index is 2.23.